The summed E-state index contributed by atoms with van der Waals surface area (Å²) < 4.78 is 5.01. The molecule has 0 aromatic carbocycles. The fraction of sp³-hybridized carbons (Fsp3) is 0.500. The van der Waals surface area contributed by atoms with Crippen LogP contribution in [0.4, 0.5) is 5.82 Å². The van der Waals surface area contributed by atoms with E-state index >= 15 is 0 Å². The van der Waals surface area contributed by atoms with Crippen LogP contribution in [-0.4, -0.2) is 42.1 Å². The number of nitrogen functional groups attached to an aromatic ring is 1. The van der Waals surface area contributed by atoms with Crippen molar-refractivity contribution in [2.45, 2.75) is 19.9 Å². The predicted molar refractivity (Wildman–Crippen MR) is 70.1 cm³/mol. The molecular weight excluding hydrogens is 232 g/mol. The lowest BCUT2D eigenvalue weighted by Crippen LogP contribution is -2.39. The summed E-state index contributed by atoms with van der Waals surface area (Å²) in [5.41, 5.74) is 2.99. The van der Waals surface area contributed by atoms with E-state index < -0.39 is 0 Å². The molecule has 0 saturated carbocycles. The second kappa shape index (κ2) is 6.93. The van der Waals surface area contributed by atoms with E-state index in [4.69, 9.17) is 10.6 Å². The number of ether oxygens (including phenoxy) is 1. The SMILES string of the molecule is COCCN(C(=O)c1ccnc(NN)c1)C(C)C. The first-order valence-corrected chi connectivity index (χ1v) is 5.82. The van der Waals surface area contributed by atoms with Gasteiger partial charge in [0.2, 0.25) is 0 Å². The Hall–Kier alpha value is -1.66. The van der Waals surface area contributed by atoms with Crippen LogP contribution in [0.1, 0.15) is 24.2 Å². The van der Waals surface area contributed by atoms with Crippen molar-refractivity contribution in [2.75, 3.05) is 25.7 Å². The second-order valence-corrected chi connectivity index (χ2v) is 4.16. The highest BCUT2D eigenvalue weighted by Crippen LogP contribution is 2.11. The number of amides is 1. The monoisotopic (exact) mass is 252 g/mol. The van der Waals surface area contributed by atoms with Gasteiger partial charge >= 0.3 is 0 Å². The van der Waals surface area contributed by atoms with Crippen LogP contribution in [0, 0.1) is 0 Å². The van der Waals surface area contributed by atoms with Crippen LogP contribution < -0.4 is 11.3 Å². The first kappa shape index (κ1) is 14.4. The van der Waals surface area contributed by atoms with E-state index in [2.05, 4.69) is 10.4 Å². The largest absolute Gasteiger partial charge is 0.383 e. The van der Waals surface area contributed by atoms with Crippen LogP contribution >= 0.6 is 0 Å². The molecule has 0 radical (unpaired) electrons. The summed E-state index contributed by atoms with van der Waals surface area (Å²) in [6.07, 6.45) is 1.55. The van der Waals surface area contributed by atoms with Gasteiger partial charge in [-0.2, -0.15) is 0 Å². The zero-order chi connectivity index (χ0) is 13.5. The number of anilines is 1. The molecule has 0 saturated heterocycles. The van der Waals surface area contributed by atoms with E-state index in [1.165, 1.54) is 0 Å². The zero-order valence-electron chi connectivity index (χ0n) is 11.0. The average Bonchev–Trinajstić information content (AvgIpc) is 2.38. The zero-order valence-corrected chi connectivity index (χ0v) is 11.0. The van der Waals surface area contributed by atoms with Crippen molar-refractivity contribution < 1.29 is 9.53 Å². The predicted octanol–water partition coefficient (Wildman–Crippen LogP) is 0.864. The molecule has 0 aliphatic carbocycles. The van der Waals surface area contributed by atoms with Gasteiger partial charge in [-0.3, -0.25) is 4.79 Å². The van der Waals surface area contributed by atoms with Gasteiger partial charge in [0.25, 0.3) is 5.91 Å². The standard InChI is InChI=1S/C12H20N4O2/c1-9(2)16(6-7-18-3)12(17)10-4-5-14-11(8-10)15-13/h4-5,8-9H,6-7,13H2,1-3H3,(H,14,15). The number of rotatable bonds is 6. The molecule has 0 aliphatic rings. The van der Waals surface area contributed by atoms with Crippen molar-refractivity contribution in [2.24, 2.45) is 5.84 Å². The van der Waals surface area contributed by atoms with E-state index in [-0.39, 0.29) is 11.9 Å². The Bertz CT molecular complexity index is 395. The van der Waals surface area contributed by atoms with Crippen LogP contribution in [0.15, 0.2) is 18.3 Å². The molecule has 1 aromatic heterocycles. The number of carbonyl (C=O) groups is 1. The van der Waals surface area contributed by atoms with Crippen molar-refractivity contribution in [3.8, 4) is 0 Å². The number of methoxy groups -OCH3 is 1. The average molecular weight is 252 g/mol. The Morgan fingerprint density at radius 1 is 1.61 bits per heavy atom. The first-order chi connectivity index (χ1) is 8.60. The topological polar surface area (TPSA) is 80.5 Å². The fourth-order valence-corrected chi connectivity index (χ4v) is 1.59. The molecule has 1 amide bonds. The molecule has 0 spiro atoms. The van der Waals surface area contributed by atoms with Gasteiger partial charge in [0, 0.05) is 31.5 Å². The Kier molecular flexibility index (Phi) is 5.54. The fourth-order valence-electron chi connectivity index (χ4n) is 1.59. The van der Waals surface area contributed by atoms with Gasteiger partial charge in [-0.15, -0.1) is 0 Å². The van der Waals surface area contributed by atoms with Crippen molar-refractivity contribution >= 4 is 11.7 Å². The van der Waals surface area contributed by atoms with Crippen molar-refractivity contribution in [1.82, 2.24) is 9.88 Å². The summed E-state index contributed by atoms with van der Waals surface area (Å²) in [5, 5.41) is 0. The molecule has 0 fully saturated rings. The van der Waals surface area contributed by atoms with Crippen LogP contribution in [0.5, 0.6) is 0 Å². The van der Waals surface area contributed by atoms with Gasteiger partial charge < -0.3 is 15.1 Å². The maximum absolute atomic E-state index is 12.3. The Balaban J connectivity index is 2.87. The molecule has 0 aliphatic heterocycles. The van der Waals surface area contributed by atoms with E-state index in [0.29, 0.717) is 24.5 Å². The maximum Gasteiger partial charge on any atom is 0.254 e. The molecule has 0 bridgehead atoms. The molecule has 1 aromatic rings. The lowest BCUT2D eigenvalue weighted by molar-refractivity contribution is 0.0635. The second-order valence-electron chi connectivity index (χ2n) is 4.16. The minimum atomic E-state index is -0.0547. The van der Waals surface area contributed by atoms with Crippen molar-refractivity contribution in [3.63, 3.8) is 0 Å². The first-order valence-electron chi connectivity index (χ1n) is 5.82. The van der Waals surface area contributed by atoms with Crippen LogP contribution in [-0.2, 0) is 4.74 Å². The number of hydrazine groups is 1. The molecule has 6 nitrogen and oxygen atoms in total. The molecule has 1 rings (SSSR count). The number of pyridine rings is 1. The van der Waals surface area contributed by atoms with Crippen molar-refractivity contribution in [3.05, 3.63) is 23.9 Å². The Labute approximate surface area is 107 Å². The number of nitrogens with one attached hydrogen (secondary N) is 1. The molecule has 0 atom stereocenters. The maximum atomic E-state index is 12.3. The van der Waals surface area contributed by atoms with Gasteiger partial charge in [-0.25, -0.2) is 10.8 Å². The lowest BCUT2D eigenvalue weighted by atomic mass is 10.2. The molecule has 0 unspecified atom stereocenters. The number of aromatic nitrogens is 1. The lowest BCUT2D eigenvalue weighted by Gasteiger charge is -2.26. The third kappa shape index (κ3) is 3.68. The molecule has 18 heavy (non-hydrogen) atoms. The summed E-state index contributed by atoms with van der Waals surface area (Å²) >= 11 is 0. The smallest absolute Gasteiger partial charge is 0.254 e. The van der Waals surface area contributed by atoms with Crippen LogP contribution in [0.25, 0.3) is 0 Å². The third-order valence-corrected chi connectivity index (χ3v) is 2.58. The van der Waals surface area contributed by atoms with E-state index in [1.54, 1.807) is 30.3 Å². The normalized spacial score (nSPS) is 10.5. The highest BCUT2D eigenvalue weighted by atomic mass is 16.5. The number of hydrogen-bond donors (Lipinski definition) is 2. The highest BCUT2D eigenvalue weighted by molar-refractivity contribution is 5.95. The minimum Gasteiger partial charge on any atom is -0.383 e. The number of hydrogen-bond acceptors (Lipinski definition) is 5. The Morgan fingerprint density at radius 2 is 2.33 bits per heavy atom. The minimum absolute atomic E-state index is 0.0547. The highest BCUT2D eigenvalue weighted by Gasteiger charge is 2.18. The number of carbonyl (C=O) groups excluding carboxylic acids is 1. The van der Waals surface area contributed by atoms with E-state index in [9.17, 15) is 4.79 Å². The van der Waals surface area contributed by atoms with E-state index in [1.807, 2.05) is 13.8 Å². The van der Waals surface area contributed by atoms with Crippen LogP contribution in [0.2, 0.25) is 0 Å². The molecule has 100 valence electrons. The summed E-state index contributed by atoms with van der Waals surface area (Å²) in [5.74, 6) is 5.69. The quantitative estimate of drug-likeness (QED) is 0.580. The van der Waals surface area contributed by atoms with Crippen molar-refractivity contribution in [1.29, 1.82) is 0 Å². The number of nitrogens with two attached hydrogens (primary N) is 1. The summed E-state index contributed by atoms with van der Waals surface area (Å²) in [6, 6.07) is 3.41. The van der Waals surface area contributed by atoms with Gasteiger partial charge in [-0.05, 0) is 26.0 Å². The Morgan fingerprint density at radius 3 is 2.89 bits per heavy atom. The number of nitrogens with zero attached hydrogens (tertiary/aromatic N) is 2. The third-order valence-electron chi connectivity index (χ3n) is 2.58. The van der Waals surface area contributed by atoms with Gasteiger partial charge in [0.15, 0.2) is 0 Å². The molecular formula is C12H20N4O2. The van der Waals surface area contributed by atoms with Gasteiger partial charge in [0.1, 0.15) is 5.82 Å². The summed E-state index contributed by atoms with van der Waals surface area (Å²) in [7, 11) is 1.62. The summed E-state index contributed by atoms with van der Waals surface area (Å²) in [4.78, 5) is 18.1. The summed E-state index contributed by atoms with van der Waals surface area (Å²) in [6.45, 7) is 5.01. The van der Waals surface area contributed by atoms with E-state index in [0.717, 1.165) is 0 Å². The molecule has 6 heteroatoms. The van der Waals surface area contributed by atoms with Gasteiger partial charge in [-0.1, -0.05) is 0 Å². The van der Waals surface area contributed by atoms with Crippen LogP contribution in [0.3, 0.4) is 0 Å². The van der Waals surface area contributed by atoms with Gasteiger partial charge in [0.05, 0.1) is 6.61 Å². The molecule has 1 heterocycles. The molecule has 3 N–H and O–H groups in total.